The van der Waals surface area contributed by atoms with Gasteiger partial charge in [-0.25, -0.2) is 0 Å². The first-order valence-electron chi connectivity index (χ1n) is 4.79. The molecule has 0 aliphatic heterocycles. The molecule has 0 saturated carbocycles. The zero-order valence-electron chi connectivity index (χ0n) is 9.13. The summed E-state index contributed by atoms with van der Waals surface area (Å²) in [4.78, 5) is 9.57. The maximum absolute atomic E-state index is 9.57. The van der Waals surface area contributed by atoms with Gasteiger partial charge in [0.2, 0.25) is 0 Å². The van der Waals surface area contributed by atoms with Gasteiger partial charge in [-0.15, -0.1) is 0 Å². The Labute approximate surface area is 94.1 Å². The Hall–Kier alpha value is -1.43. The Bertz CT molecular complexity index is 303. The number of aliphatic hydroxyl groups is 2. The van der Waals surface area contributed by atoms with Crippen molar-refractivity contribution < 1.29 is 20.1 Å². The van der Waals surface area contributed by atoms with Crippen LogP contribution in [0.5, 0.6) is 0 Å². The second kappa shape index (κ2) is 7.81. The predicted octanol–water partition coefficient (Wildman–Crippen LogP) is 0.0894. The Balaban J connectivity index is 0.000000325. The summed E-state index contributed by atoms with van der Waals surface area (Å²) < 4.78 is 0. The number of rotatable bonds is 3. The summed E-state index contributed by atoms with van der Waals surface area (Å²) in [6.07, 6.45) is 0. The molecule has 0 aromatic heterocycles. The molecule has 0 aliphatic carbocycles. The number of carboxylic acids is 1. The van der Waals surface area contributed by atoms with Gasteiger partial charge < -0.3 is 21.1 Å². The molecular formula is C11H17NO4. The highest BCUT2D eigenvalue weighted by atomic mass is 16.4. The summed E-state index contributed by atoms with van der Waals surface area (Å²) in [5.74, 6) is -0.963. The second-order valence-electron chi connectivity index (χ2n) is 3.21. The molecule has 90 valence electrons. The van der Waals surface area contributed by atoms with Crippen LogP contribution in [0.3, 0.4) is 0 Å². The first-order chi connectivity index (χ1) is 7.52. The average Bonchev–Trinajstić information content (AvgIpc) is 2.29. The van der Waals surface area contributed by atoms with E-state index in [1.807, 2.05) is 12.1 Å². The molecule has 0 spiro atoms. The van der Waals surface area contributed by atoms with Gasteiger partial charge in [0.25, 0.3) is 0 Å². The molecule has 0 bridgehead atoms. The summed E-state index contributed by atoms with van der Waals surface area (Å²) in [5, 5.41) is 25.3. The van der Waals surface area contributed by atoms with Crippen molar-refractivity contribution in [3.05, 3.63) is 35.4 Å². The summed E-state index contributed by atoms with van der Waals surface area (Å²) in [7, 11) is 0. The number of benzene rings is 1. The van der Waals surface area contributed by atoms with Crippen molar-refractivity contribution in [3.63, 3.8) is 0 Å². The largest absolute Gasteiger partial charge is 0.480 e. The van der Waals surface area contributed by atoms with Crippen molar-refractivity contribution in [2.75, 3.05) is 0 Å². The van der Waals surface area contributed by atoms with Crippen LogP contribution in [0.4, 0.5) is 0 Å². The van der Waals surface area contributed by atoms with Gasteiger partial charge in [-0.05, 0) is 18.1 Å². The summed E-state index contributed by atoms with van der Waals surface area (Å²) in [6.45, 7) is 1.41. The third-order valence-electron chi connectivity index (χ3n) is 1.85. The smallest absolute Gasteiger partial charge is 0.320 e. The Morgan fingerprint density at radius 3 is 1.75 bits per heavy atom. The summed E-state index contributed by atoms with van der Waals surface area (Å²) in [5.41, 5.74) is 6.43. The van der Waals surface area contributed by atoms with Crippen LogP contribution >= 0.6 is 0 Å². The molecule has 0 heterocycles. The van der Waals surface area contributed by atoms with Crippen LogP contribution in [0.2, 0.25) is 0 Å². The molecule has 0 unspecified atom stereocenters. The molecule has 0 saturated heterocycles. The van der Waals surface area contributed by atoms with E-state index in [1.165, 1.54) is 6.92 Å². The van der Waals surface area contributed by atoms with E-state index < -0.39 is 12.0 Å². The summed E-state index contributed by atoms with van der Waals surface area (Å²) >= 11 is 0. The van der Waals surface area contributed by atoms with E-state index in [9.17, 15) is 4.79 Å². The monoisotopic (exact) mass is 227 g/mol. The van der Waals surface area contributed by atoms with Crippen molar-refractivity contribution in [1.82, 2.24) is 0 Å². The van der Waals surface area contributed by atoms with Crippen molar-refractivity contribution in [3.8, 4) is 0 Å². The van der Waals surface area contributed by atoms with E-state index in [2.05, 4.69) is 0 Å². The molecule has 0 radical (unpaired) electrons. The predicted molar refractivity (Wildman–Crippen MR) is 59.6 cm³/mol. The van der Waals surface area contributed by atoms with Crippen LogP contribution in [0.25, 0.3) is 0 Å². The van der Waals surface area contributed by atoms with Crippen LogP contribution < -0.4 is 5.73 Å². The van der Waals surface area contributed by atoms with Gasteiger partial charge in [0.05, 0.1) is 13.2 Å². The van der Waals surface area contributed by atoms with E-state index >= 15 is 0 Å². The van der Waals surface area contributed by atoms with Gasteiger partial charge in [0.15, 0.2) is 0 Å². The lowest BCUT2D eigenvalue weighted by atomic mass is 10.1. The van der Waals surface area contributed by atoms with Crippen molar-refractivity contribution in [2.45, 2.75) is 26.2 Å². The van der Waals surface area contributed by atoms with Crippen molar-refractivity contribution in [1.29, 1.82) is 0 Å². The first kappa shape index (κ1) is 14.6. The normalized spacial score (nSPS) is 11.2. The zero-order valence-corrected chi connectivity index (χ0v) is 9.13. The SMILES string of the molecule is C[C@@H](N)C(=O)O.OCc1ccccc1CO. The molecule has 1 aromatic rings. The lowest BCUT2D eigenvalue weighted by Crippen LogP contribution is -2.25. The Morgan fingerprint density at radius 1 is 1.25 bits per heavy atom. The topological polar surface area (TPSA) is 104 Å². The summed E-state index contributed by atoms with van der Waals surface area (Å²) in [6, 6.07) is 6.54. The molecule has 1 atom stereocenters. The minimum Gasteiger partial charge on any atom is -0.480 e. The van der Waals surface area contributed by atoms with Gasteiger partial charge in [0.1, 0.15) is 6.04 Å². The number of hydrogen-bond donors (Lipinski definition) is 4. The van der Waals surface area contributed by atoms with Crippen molar-refractivity contribution in [2.24, 2.45) is 5.73 Å². The average molecular weight is 227 g/mol. The van der Waals surface area contributed by atoms with E-state index in [0.29, 0.717) is 0 Å². The van der Waals surface area contributed by atoms with E-state index in [1.54, 1.807) is 12.1 Å². The fraction of sp³-hybridized carbons (Fsp3) is 0.364. The number of aliphatic hydroxyl groups excluding tert-OH is 2. The molecule has 1 rings (SSSR count). The first-order valence-corrected chi connectivity index (χ1v) is 4.79. The molecule has 5 nitrogen and oxygen atoms in total. The van der Waals surface area contributed by atoms with Crippen LogP contribution in [0.1, 0.15) is 18.1 Å². The number of carboxylic acid groups (broad SMARTS) is 1. The minimum atomic E-state index is -0.963. The van der Waals surface area contributed by atoms with Crippen LogP contribution in [0, 0.1) is 0 Å². The Morgan fingerprint density at radius 2 is 1.56 bits per heavy atom. The van der Waals surface area contributed by atoms with Gasteiger partial charge in [-0.2, -0.15) is 0 Å². The van der Waals surface area contributed by atoms with Gasteiger partial charge in [-0.1, -0.05) is 24.3 Å². The fourth-order valence-electron chi connectivity index (χ4n) is 0.866. The second-order valence-corrected chi connectivity index (χ2v) is 3.21. The zero-order chi connectivity index (χ0) is 12.6. The quantitative estimate of drug-likeness (QED) is 0.586. The van der Waals surface area contributed by atoms with Gasteiger partial charge >= 0.3 is 5.97 Å². The number of hydrogen-bond acceptors (Lipinski definition) is 4. The van der Waals surface area contributed by atoms with E-state index in [0.717, 1.165) is 11.1 Å². The van der Waals surface area contributed by atoms with Crippen molar-refractivity contribution >= 4 is 5.97 Å². The third kappa shape index (κ3) is 5.45. The molecule has 5 N–H and O–H groups in total. The maximum Gasteiger partial charge on any atom is 0.320 e. The third-order valence-corrected chi connectivity index (χ3v) is 1.85. The van der Waals surface area contributed by atoms with Crippen LogP contribution in [-0.4, -0.2) is 27.3 Å². The van der Waals surface area contributed by atoms with E-state index in [4.69, 9.17) is 21.1 Å². The highest BCUT2D eigenvalue weighted by molar-refractivity contribution is 5.72. The van der Waals surface area contributed by atoms with Gasteiger partial charge in [-0.3, -0.25) is 4.79 Å². The molecule has 5 heteroatoms. The molecule has 0 amide bonds. The molecule has 16 heavy (non-hydrogen) atoms. The van der Waals surface area contributed by atoms with E-state index in [-0.39, 0.29) is 13.2 Å². The standard InChI is InChI=1S/C8H10O2.C3H7NO2/c9-5-7-3-1-2-4-8(7)6-10;1-2(4)3(5)6/h1-4,9-10H,5-6H2;2H,4H2,1H3,(H,5,6)/t;2-/m.1/s1. The fourth-order valence-corrected chi connectivity index (χ4v) is 0.866. The number of carbonyl (C=O) groups is 1. The molecule has 1 aromatic carbocycles. The van der Waals surface area contributed by atoms with Gasteiger partial charge in [0, 0.05) is 0 Å². The molecule has 0 aliphatic rings. The van der Waals surface area contributed by atoms with Crippen LogP contribution in [-0.2, 0) is 18.0 Å². The minimum absolute atomic E-state index is 0.00324. The highest BCUT2D eigenvalue weighted by Crippen LogP contribution is 2.07. The lowest BCUT2D eigenvalue weighted by molar-refractivity contribution is -0.138. The highest BCUT2D eigenvalue weighted by Gasteiger charge is 1.99. The lowest BCUT2D eigenvalue weighted by Gasteiger charge is -2.01. The Kier molecular flexibility index (Phi) is 7.11. The maximum atomic E-state index is 9.57. The number of aliphatic carboxylic acids is 1. The number of nitrogens with two attached hydrogens (primary N) is 1. The molecular weight excluding hydrogens is 210 g/mol. The van der Waals surface area contributed by atoms with Crippen LogP contribution in [0.15, 0.2) is 24.3 Å². The molecule has 0 fully saturated rings.